The van der Waals surface area contributed by atoms with Crippen LogP contribution < -0.4 is 4.74 Å². The second-order valence-electron chi connectivity index (χ2n) is 5.50. The van der Waals surface area contributed by atoms with E-state index in [-0.39, 0.29) is 11.9 Å². The number of carbonyl (C=O) groups is 1. The lowest BCUT2D eigenvalue weighted by molar-refractivity contribution is 0.0670. The van der Waals surface area contributed by atoms with E-state index >= 15 is 0 Å². The highest BCUT2D eigenvalue weighted by Crippen LogP contribution is 2.31. The van der Waals surface area contributed by atoms with Crippen LogP contribution in [0.5, 0.6) is 5.75 Å². The molecule has 3 rings (SSSR count). The molecule has 23 heavy (non-hydrogen) atoms. The molecule has 6 nitrogen and oxygen atoms in total. The molecule has 1 fully saturated rings. The van der Waals surface area contributed by atoms with Gasteiger partial charge in [0, 0.05) is 12.1 Å². The van der Waals surface area contributed by atoms with Crippen molar-refractivity contribution in [2.75, 3.05) is 13.7 Å². The average Bonchev–Trinajstić information content (AvgIpc) is 2.99. The smallest absolute Gasteiger partial charge is 0.254 e. The zero-order valence-corrected chi connectivity index (χ0v) is 13.6. The van der Waals surface area contributed by atoms with Gasteiger partial charge in [0.1, 0.15) is 5.75 Å². The van der Waals surface area contributed by atoms with E-state index < -0.39 is 0 Å². The van der Waals surface area contributed by atoms with Crippen LogP contribution in [0.3, 0.4) is 0 Å². The van der Waals surface area contributed by atoms with E-state index in [1.807, 2.05) is 4.90 Å². The molecule has 1 amide bonds. The van der Waals surface area contributed by atoms with Gasteiger partial charge >= 0.3 is 0 Å². The molecule has 122 valence electrons. The van der Waals surface area contributed by atoms with E-state index in [0.717, 1.165) is 25.7 Å². The number of methoxy groups -OCH3 is 1. The minimum atomic E-state index is -0.162. The Kier molecular flexibility index (Phi) is 4.81. The number of amides is 1. The third-order valence-corrected chi connectivity index (χ3v) is 4.40. The number of likely N-dealkylation sites (tertiary alicyclic amines) is 1. The number of hydrogen-bond acceptors (Lipinski definition) is 5. The molecular weight excluding hydrogens is 318 g/mol. The number of halogens is 1. The minimum Gasteiger partial charge on any atom is -0.495 e. The summed E-state index contributed by atoms with van der Waals surface area (Å²) < 4.78 is 10.1. The van der Waals surface area contributed by atoms with Crippen LogP contribution >= 0.6 is 11.6 Å². The molecule has 7 heteroatoms. The second-order valence-corrected chi connectivity index (χ2v) is 5.91. The molecule has 0 unspecified atom stereocenters. The van der Waals surface area contributed by atoms with E-state index in [1.54, 1.807) is 18.2 Å². The Morgan fingerprint density at radius 3 is 3.00 bits per heavy atom. The second kappa shape index (κ2) is 7.00. The molecule has 1 aromatic carbocycles. The van der Waals surface area contributed by atoms with Crippen molar-refractivity contribution in [3.63, 3.8) is 0 Å². The summed E-state index contributed by atoms with van der Waals surface area (Å²) in [5.74, 6) is 0.973. The summed E-state index contributed by atoms with van der Waals surface area (Å²) in [6.07, 6.45) is 5.21. The lowest BCUT2D eigenvalue weighted by atomic mass is 10.1. The largest absolute Gasteiger partial charge is 0.495 e. The van der Waals surface area contributed by atoms with Gasteiger partial charge in [-0.1, -0.05) is 29.6 Å². The zero-order chi connectivity index (χ0) is 16.2. The molecule has 0 aliphatic carbocycles. The number of carbonyl (C=O) groups excluding carboxylic acids is 1. The molecule has 1 atom stereocenters. The Balaban J connectivity index is 1.91. The van der Waals surface area contributed by atoms with Crippen LogP contribution in [0.1, 0.15) is 47.9 Å². The molecule has 1 saturated heterocycles. The molecule has 2 aromatic rings. The van der Waals surface area contributed by atoms with Gasteiger partial charge < -0.3 is 14.2 Å². The number of nitrogens with zero attached hydrogens (tertiary/aromatic N) is 3. The Morgan fingerprint density at radius 2 is 2.26 bits per heavy atom. The summed E-state index contributed by atoms with van der Waals surface area (Å²) in [6.45, 7) is 0.670. The van der Waals surface area contributed by atoms with Crippen LogP contribution in [0.4, 0.5) is 0 Å². The summed E-state index contributed by atoms with van der Waals surface area (Å²) in [5, 5.41) is 4.41. The standard InChI is InChI=1S/C16H18ClN3O3/c1-22-14-9-11(6-7-12(14)17)16(21)20-8-4-2-3-5-13(20)15-18-10-23-19-15/h6-7,9-10,13H,2-5,8H2,1H3/t13-/m1/s1. The van der Waals surface area contributed by atoms with Crippen LogP contribution in [0.15, 0.2) is 29.1 Å². The lowest BCUT2D eigenvalue weighted by Crippen LogP contribution is -2.35. The van der Waals surface area contributed by atoms with E-state index in [4.69, 9.17) is 20.9 Å². The average molecular weight is 336 g/mol. The van der Waals surface area contributed by atoms with Crippen LogP contribution in [-0.2, 0) is 0 Å². The Bertz CT molecular complexity index is 675. The number of hydrogen-bond donors (Lipinski definition) is 0. The van der Waals surface area contributed by atoms with Crippen LogP contribution in [0, 0.1) is 0 Å². The summed E-state index contributed by atoms with van der Waals surface area (Å²) in [4.78, 5) is 18.9. The molecule has 1 aliphatic rings. The van der Waals surface area contributed by atoms with Crippen LogP contribution in [0.25, 0.3) is 0 Å². The third kappa shape index (κ3) is 3.32. The molecular formula is C16H18ClN3O3. The Morgan fingerprint density at radius 1 is 1.39 bits per heavy atom. The quantitative estimate of drug-likeness (QED) is 0.858. The monoisotopic (exact) mass is 335 g/mol. The summed E-state index contributed by atoms with van der Waals surface area (Å²) in [7, 11) is 1.53. The summed E-state index contributed by atoms with van der Waals surface area (Å²) >= 11 is 6.04. The fraction of sp³-hybridized carbons (Fsp3) is 0.438. The number of aromatic nitrogens is 2. The van der Waals surface area contributed by atoms with Crippen molar-refractivity contribution in [1.29, 1.82) is 0 Å². The lowest BCUT2D eigenvalue weighted by Gasteiger charge is -2.28. The first-order valence-corrected chi connectivity index (χ1v) is 7.99. The van der Waals surface area contributed by atoms with Gasteiger partial charge in [-0.3, -0.25) is 4.79 Å². The van der Waals surface area contributed by atoms with Gasteiger partial charge in [0.15, 0.2) is 5.82 Å². The fourth-order valence-electron chi connectivity index (χ4n) is 2.90. The van der Waals surface area contributed by atoms with Gasteiger partial charge in [-0.25, -0.2) is 0 Å². The highest BCUT2D eigenvalue weighted by molar-refractivity contribution is 6.32. The van der Waals surface area contributed by atoms with Crippen molar-refractivity contribution in [2.24, 2.45) is 0 Å². The fourth-order valence-corrected chi connectivity index (χ4v) is 3.10. The molecule has 0 radical (unpaired) electrons. The van der Waals surface area contributed by atoms with Gasteiger partial charge in [0.25, 0.3) is 5.91 Å². The van der Waals surface area contributed by atoms with E-state index in [9.17, 15) is 4.79 Å². The van der Waals surface area contributed by atoms with E-state index in [0.29, 0.717) is 28.7 Å². The van der Waals surface area contributed by atoms with Crippen LogP contribution in [-0.4, -0.2) is 34.6 Å². The first-order valence-electron chi connectivity index (χ1n) is 7.61. The summed E-state index contributed by atoms with van der Waals surface area (Å²) in [6, 6.07) is 4.90. The van der Waals surface area contributed by atoms with Crippen molar-refractivity contribution < 1.29 is 14.1 Å². The number of ether oxygens (including phenoxy) is 1. The van der Waals surface area contributed by atoms with Gasteiger partial charge in [-0.15, -0.1) is 0 Å². The number of rotatable bonds is 3. The first-order chi connectivity index (χ1) is 11.2. The Hall–Kier alpha value is -2.08. The van der Waals surface area contributed by atoms with Crippen molar-refractivity contribution in [1.82, 2.24) is 15.0 Å². The first kappa shape index (κ1) is 15.8. The van der Waals surface area contributed by atoms with Gasteiger partial charge in [-0.05, 0) is 31.0 Å². The van der Waals surface area contributed by atoms with Gasteiger partial charge in [0.2, 0.25) is 6.39 Å². The molecule has 0 bridgehead atoms. The van der Waals surface area contributed by atoms with Gasteiger partial charge in [0.05, 0.1) is 18.2 Å². The van der Waals surface area contributed by atoms with Crippen LogP contribution in [0.2, 0.25) is 5.02 Å². The molecule has 1 aromatic heterocycles. The van der Waals surface area contributed by atoms with Crippen molar-refractivity contribution in [3.05, 3.63) is 41.0 Å². The summed E-state index contributed by atoms with van der Waals surface area (Å²) in [5.41, 5.74) is 0.543. The topological polar surface area (TPSA) is 68.5 Å². The SMILES string of the molecule is COc1cc(C(=O)N2CCCCC[C@@H]2c2ncon2)ccc1Cl. The molecule has 1 aliphatic heterocycles. The van der Waals surface area contributed by atoms with E-state index in [1.165, 1.54) is 13.5 Å². The predicted molar refractivity (Wildman–Crippen MR) is 84.5 cm³/mol. The van der Waals surface area contributed by atoms with Gasteiger partial charge in [-0.2, -0.15) is 4.98 Å². The molecule has 2 heterocycles. The highest BCUT2D eigenvalue weighted by Gasteiger charge is 2.30. The molecule has 0 spiro atoms. The highest BCUT2D eigenvalue weighted by atomic mass is 35.5. The predicted octanol–water partition coefficient (Wildman–Crippen LogP) is 3.49. The Labute approximate surface area is 139 Å². The maximum Gasteiger partial charge on any atom is 0.254 e. The van der Waals surface area contributed by atoms with Crippen molar-refractivity contribution in [3.8, 4) is 5.75 Å². The molecule has 0 saturated carbocycles. The minimum absolute atomic E-state index is 0.0725. The van der Waals surface area contributed by atoms with Crippen molar-refractivity contribution >= 4 is 17.5 Å². The molecule has 0 N–H and O–H groups in total. The normalized spacial score (nSPS) is 18.5. The third-order valence-electron chi connectivity index (χ3n) is 4.09. The number of benzene rings is 1. The van der Waals surface area contributed by atoms with E-state index in [2.05, 4.69) is 10.1 Å². The maximum absolute atomic E-state index is 13.0. The zero-order valence-electron chi connectivity index (χ0n) is 12.9. The van der Waals surface area contributed by atoms with Crippen molar-refractivity contribution in [2.45, 2.75) is 31.7 Å². The maximum atomic E-state index is 13.0.